The van der Waals surface area contributed by atoms with Gasteiger partial charge in [0.25, 0.3) is 0 Å². The number of rotatable bonds is 2. The van der Waals surface area contributed by atoms with Gasteiger partial charge in [-0.3, -0.25) is 14.9 Å². The van der Waals surface area contributed by atoms with Crippen LogP contribution in [-0.4, -0.2) is 21.0 Å². The Morgan fingerprint density at radius 2 is 2.15 bits per heavy atom. The average Bonchev–Trinajstić information content (AvgIpc) is 2.71. The van der Waals surface area contributed by atoms with Crippen LogP contribution in [0.1, 0.15) is 16.2 Å². The number of H-pyrrole nitrogens is 1. The van der Waals surface area contributed by atoms with Crippen molar-refractivity contribution in [3.05, 3.63) is 48.0 Å². The number of hydrogen-bond acceptors (Lipinski definition) is 3. The van der Waals surface area contributed by atoms with Crippen LogP contribution in [0.2, 0.25) is 0 Å². The van der Waals surface area contributed by atoms with Crippen LogP contribution >= 0.6 is 0 Å². The number of aromatic amines is 1. The lowest BCUT2D eigenvalue weighted by molar-refractivity contribution is 0.103. The number of carbonyl (C=O) groups excluding carboxylic acids is 1. The van der Waals surface area contributed by atoms with E-state index < -0.39 is 0 Å². The third kappa shape index (κ3) is 1.46. The molecule has 0 fully saturated rings. The fraction of sp³-hybridized carbons (Fsp3) is 0. The van der Waals surface area contributed by atoms with E-state index in [9.17, 15) is 4.79 Å². The minimum atomic E-state index is -0.165. The van der Waals surface area contributed by atoms with Crippen molar-refractivity contribution in [2.24, 2.45) is 0 Å². The van der Waals surface area contributed by atoms with Gasteiger partial charge in [-0.05, 0) is 18.2 Å². The Balaban J connectivity index is 2.34. The smallest absolute Gasteiger partial charge is 0.231 e. The molecule has 0 aliphatic carbocycles. The third-order valence-corrected chi connectivity index (χ3v) is 1.63. The summed E-state index contributed by atoms with van der Waals surface area (Å²) >= 11 is 0. The Morgan fingerprint density at radius 1 is 1.23 bits per heavy atom. The van der Waals surface area contributed by atoms with Crippen molar-refractivity contribution in [1.29, 1.82) is 0 Å². The van der Waals surface area contributed by atoms with Crippen LogP contribution in [0.5, 0.6) is 0 Å². The fourth-order valence-electron chi connectivity index (χ4n) is 1.02. The van der Waals surface area contributed by atoms with Crippen LogP contribution in [-0.2, 0) is 0 Å². The van der Waals surface area contributed by atoms with Gasteiger partial charge < -0.3 is 0 Å². The highest BCUT2D eigenvalue weighted by atomic mass is 16.1. The van der Waals surface area contributed by atoms with Crippen LogP contribution in [0.4, 0.5) is 0 Å². The lowest BCUT2D eigenvalue weighted by atomic mass is 10.2. The maximum Gasteiger partial charge on any atom is 0.231 e. The summed E-state index contributed by atoms with van der Waals surface area (Å²) in [6.07, 6.45) is 3.19. The molecule has 0 spiro atoms. The molecule has 0 radical (unpaired) electrons. The van der Waals surface area contributed by atoms with E-state index in [-0.39, 0.29) is 5.78 Å². The normalized spacial score (nSPS) is 9.85. The molecule has 2 heterocycles. The van der Waals surface area contributed by atoms with Crippen LogP contribution in [0.15, 0.2) is 36.7 Å². The third-order valence-electron chi connectivity index (χ3n) is 1.63. The standard InChI is InChI=1S/C9H7N3O/c13-9(8-4-6-11-12-8)7-3-1-2-5-10-7/h1-6H,(H,11,12). The zero-order valence-corrected chi connectivity index (χ0v) is 6.77. The van der Waals surface area contributed by atoms with Crippen LogP contribution in [0.25, 0.3) is 0 Å². The Kier molecular flexibility index (Phi) is 1.88. The Morgan fingerprint density at radius 3 is 2.77 bits per heavy atom. The molecule has 0 aliphatic heterocycles. The molecule has 2 rings (SSSR count). The number of carbonyl (C=O) groups is 1. The zero-order chi connectivity index (χ0) is 9.10. The Bertz CT molecular complexity index is 394. The summed E-state index contributed by atoms with van der Waals surface area (Å²) in [4.78, 5) is 15.5. The average molecular weight is 173 g/mol. The molecule has 0 bridgehead atoms. The van der Waals surface area contributed by atoms with E-state index in [1.807, 2.05) is 0 Å². The quantitative estimate of drug-likeness (QED) is 0.690. The van der Waals surface area contributed by atoms with Crippen molar-refractivity contribution in [2.75, 3.05) is 0 Å². The minimum Gasteiger partial charge on any atom is -0.285 e. The monoisotopic (exact) mass is 173 g/mol. The summed E-state index contributed by atoms with van der Waals surface area (Å²) in [5.74, 6) is -0.165. The highest BCUT2D eigenvalue weighted by Gasteiger charge is 2.10. The lowest BCUT2D eigenvalue weighted by Gasteiger charge is -1.93. The second-order valence-corrected chi connectivity index (χ2v) is 2.50. The summed E-state index contributed by atoms with van der Waals surface area (Å²) in [7, 11) is 0. The van der Waals surface area contributed by atoms with E-state index in [0.29, 0.717) is 11.4 Å². The van der Waals surface area contributed by atoms with Crippen molar-refractivity contribution in [2.45, 2.75) is 0 Å². The van der Waals surface area contributed by atoms with E-state index in [4.69, 9.17) is 0 Å². The molecule has 0 atom stereocenters. The largest absolute Gasteiger partial charge is 0.285 e. The van der Waals surface area contributed by atoms with E-state index in [1.54, 1.807) is 36.7 Å². The van der Waals surface area contributed by atoms with Crippen LogP contribution in [0, 0.1) is 0 Å². The Hall–Kier alpha value is -1.97. The van der Waals surface area contributed by atoms with Crippen molar-refractivity contribution in [1.82, 2.24) is 15.2 Å². The van der Waals surface area contributed by atoms with Gasteiger partial charge in [-0.2, -0.15) is 5.10 Å². The number of aromatic nitrogens is 3. The lowest BCUT2D eigenvalue weighted by Crippen LogP contribution is -2.03. The van der Waals surface area contributed by atoms with E-state index in [0.717, 1.165) is 0 Å². The van der Waals surface area contributed by atoms with Gasteiger partial charge in [-0.15, -0.1) is 0 Å². The summed E-state index contributed by atoms with van der Waals surface area (Å²) in [5, 5.41) is 6.36. The molecule has 0 amide bonds. The number of nitrogens with one attached hydrogen (secondary N) is 1. The minimum absolute atomic E-state index is 0.165. The molecule has 13 heavy (non-hydrogen) atoms. The molecule has 2 aromatic rings. The predicted octanol–water partition coefficient (Wildman–Crippen LogP) is 1.04. The number of hydrogen-bond donors (Lipinski definition) is 1. The van der Waals surface area contributed by atoms with Gasteiger partial charge in [-0.25, -0.2) is 0 Å². The van der Waals surface area contributed by atoms with Crippen molar-refractivity contribution < 1.29 is 4.79 Å². The SMILES string of the molecule is O=C(c1ccccn1)c1cc[nH]n1. The maximum atomic E-state index is 11.6. The first-order valence-electron chi connectivity index (χ1n) is 3.83. The van der Waals surface area contributed by atoms with Gasteiger partial charge in [0.2, 0.25) is 5.78 Å². The van der Waals surface area contributed by atoms with E-state index in [1.165, 1.54) is 0 Å². The fourth-order valence-corrected chi connectivity index (χ4v) is 1.02. The van der Waals surface area contributed by atoms with Gasteiger partial charge in [0, 0.05) is 12.4 Å². The first kappa shape index (κ1) is 7.67. The molecule has 0 aromatic carbocycles. The number of ketones is 1. The summed E-state index contributed by atoms with van der Waals surface area (Å²) in [5.41, 5.74) is 0.799. The molecule has 4 heteroatoms. The molecule has 64 valence electrons. The van der Waals surface area contributed by atoms with Gasteiger partial charge in [0.05, 0.1) is 0 Å². The molecule has 0 saturated carbocycles. The van der Waals surface area contributed by atoms with Gasteiger partial charge in [0.15, 0.2) is 0 Å². The second-order valence-electron chi connectivity index (χ2n) is 2.50. The van der Waals surface area contributed by atoms with Crippen LogP contribution < -0.4 is 0 Å². The Labute approximate surface area is 74.6 Å². The van der Waals surface area contributed by atoms with Gasteiger partial charge >= 0.3 is 0 Å². The topological polar surface area (TPSA) is 58.6 Å². The molecular formula is C9H7N3O. The molecule has 2 aromatic heterocycles. The summed E-state index contributed by atoms with van der Waals surface area (Å²) in [6, 6.07) is 6.82. The zero-order valence-electron chi connectivity index (χ0n) is 6.77. The molecular weight excluding hydrogens is 166 g/mol. The number of nitrogens with zero attached hydrogens (tertiary/aromatic N) is 2. The molecule has 0 unspecified atom stereocenters. The second kappa shape index (κ2) is 3.18. The molecule has 0 saturated heterocycles. The first-order chi connectivity index (χ1) is 6.38. The summed E-state index contributed by atoms with van der Waals surface area (Å²) in [6.45, 7) is 0. The van der Waals surface area contributed by atoms with Crippen molar-refractivity contribution in [3.8, 4) is 0 Å². The molecule has 4 nitrogen and oxygen atoms in total. The predicted molar refractivity (Wildman–Crippen MR) is 46.3 cm³/mol. The maximum absolute atomic E-state index is 11.6. The number of pyridine rings is 1. The summed E-state index contributed by atoms with van der Waals surface area (Å²) < 4.78 is 0. The van der Waals surface area contributed by atoms with E-state index in [2.05, 4.69) is 15.2 Å². The highest BCUT2D eigenvalue weighted by molar-refractivity contribution is 6.06. The van der Waals surface area contributed by atoms with E-state index >= 15 is 0 Å². The van der Waals surface area contributed by atoms with Crippen molar-refractivity contribution in [3.63, 3.8) is 0 Å². The van der Waals surface area contributed by atoms with Crippen molar-refractivity contribution >= 4 is 5.78 Å². The highest BCUT2D eigenvalue weighted by Crippen LogP contribution is 2.02. The molecule has 1 N–H and O–H groups in total. The van der Waals surface area contributed by atoms with Crippen LogP contribution in [0.3, 0.4) is 0 Å². The molecule has 0 aliphatic rings. The van der Waals surface area contributed by atoms with Gasteiger partial charge in [-0.1, -0.05) is 6.07 Å². The van der Waals surface area contributed by atoms with Gasteiger partial charge in [0.1, 0.15) is 11.4 Å². The first-order valence-corrected chi connectivity index (χ1v) is 3.83.